The number of hydrogen-bond donors (Lipinski definition) is 1. The Hall–Kier alpha value is -1.71. The average molecular weight is 338 g/mol. The summed E-state index contributed by atoms with van der Waals surface area (Å²) < 4.78 is 5.69. The van der Waals surface area contributed by atoms with Crippen molar-refractivity contribution in [2.24, 2.45) is 0 Å². The zero-order valence-corrected chi connectivity index (χ0v) is 14.1. The van der Waals surface area contributed by atoms with Crippen LogP contribution in [0.2, 0.25) is 10.0 Å². The number of benzene rings is 2. The fraction of sp³-hybridized carbons (Fsp3) is 0.235. The molecule has 1 atom stereocenters. The van der Waals surface area contributed by atoms with E-state index in [4.69, 9.17) is 27.9 Å². The maximum absolute atomic E-state index is 12.2. The molecular formula is C17H17Cl2NO2. The van der Waals surface area contributed by atoms with E-state index in [9.17, 15) is 4.79 Å². The fourth-order valence-corrected chi connectivity index (χ4v) is 2.37. The number of carbonyl (C=O) groups excluding carboxylic acids is 1. The normalized spacial score (nSPS) is 11.9. The van der Waals surface area contributed by atoms with Crippen LogP contribution < -0.4 is 10.1 Å². The first-order valence-corrected chi connectivity index (χ1v) is 7.61. The van der Waals surface area contributed by atoms with Gasteiger partial charge in [-0.15, -0.1) is 0 Å². The maximum atomic E-state index is 12.2. The zero-order valence-electron chi connectivity index (χ0n) is 12.6. The van der Waals surface area contributed by atoms with Crippen LogP contribution in [0.25, 0.3) is 0 Å². The van der Waals surface area contributed by atoms with Gasteiger partial charge in [0.2, 0.25) is 0 Å². The molecule has 2 aromatic carbocycles. The molecule has 2 rings (SSSR count). The third-order valence-electron chi connectivity index (χ3n) is 3.06. The van der Waals surface area contributed by atoms with Gasteiger partial charge in [0, 0.05) is 5.69 Å². The van der Waals surface area contributed by atoms with Crippen molar-refractivity contribution < 1.29 is 9.53 Å². The topological polar surface area (TPSA) is 38.3 Å². The van der Waals surface area contributed by atoms with Crippen molar-refractivity contribution in [1.29, 1.82) is 0 Å². The first-order chi connectivity index (χ1) is 10.3. The van der Waals surface area contributed by atoms with Crippen molar-refractivity contribution in [1.82, 2.24) is 0 Å². The summed E-state index contributed by atoms with van der Waals surface area (Å²) in [5.41, 5.74) is 2.76. The van der Waals surface area contributed by atoms with Gasteiger partial charge in [0.1, 0.15) is 5.75 Å². The second-order valence-electron chi connectivity index (χ2n) is 5.20. The van der Waals surface area contributed by atoms with Gasteiger partial charge in [-0.05, 0) is 62.2 Å². The van der Waals surface area contributed by atoms with Crippen molar-refractivity contribution in [3.63, 3.8) is 0 Å². The van der Waals surface area contributed by atoms with E-state index in [0.717, 1.165) is 11.1 Å². The lowest BCUT2D eigenvalue weighted by molar-refractivity contribution is -0.122. The molecule has 0 aliphatic rings. The summed E-state index contributed by atoms with van der Waals surface area (Å²) >= 11 is 11.8. The molecule has 0 radical (unpaired) electrons. The van der Waals surface area contributed by atoms with Crippen molar-refractivity contribution in [3.8, 4) is 5.75 Å². The lowest BCUT2D eigenvalue weighted by Crippen LogP contribution is -2.30. The molecule has 0 bridgehead atoms. The van der Waals surface area contributed by atoms with E-state index < -0.39 is 6.10 Å². The van der Waals surface area contributed by atoms with Gasteiger partial charge in [-0.1, -0.05) is 29.3 Å². The molecule has 0 spiro atoms. The van der Waals surface area contributed by atoms with Crippen molar-refractivity contribution >= 4 is 34.8 Å². The Labute approximate surface area is 140 Å². The van der Waals surface area contributed by atoms with Gasteiger partial charge in [0.15, 0.2) is 6.10 Å². The first kappa shape index (κ1) is 16.7. The summed E-state index contributed by atoms with van der Waals surface area (Å²) in [5.74, 6) is 0.423. The van der Waals surface area contributed by atoms with Crippen LogP contribution in [0.3, 0.4) is 0 Å². The molecule has 0 unspecified atom stereocenters. The molecule has 0 heterocycles. The highest BCUT2D eigenvalue weighted by Crippen LogP contribution is 2.25. The van der Waals surface area contributed by atoms with Gasteiger partial charge in [-0.3, -0.25) is 4.79 Å². The number of halogens is 2. The van der Waals surface area contributed by atoms with E-state index in [1.54, 1.807) is 25.1 Å². The Kier molecular flexibility index (Phi) is 5.33. The maximum Gasteiger partial charge on any atom is 0.265 e. The fourth-order valence-electron chi connectivity index (χ4n) is 2.08. The molecule has 0 saturated carbocycles. The van der Waals surface area contributed by atoms with Crippen LogP contribution in [0, 0.1) is 13.8 Å². The summed E-state index contributed by atoms with van der Waals surface area (Å²) in [6.45, 7) is 5.67. The molecule has 1 amide bonds. The summed E-state index contributed by atoms with van der Waals surface area (Å²) in [5, 5.41) is 3.59. The van der Waals surface area contributed by atoms with E-state index >= 15 is 0 Å². The number of ether oxygens (including phenoxy) is 1. The summed E-state index contributed by atoms with van der Waals surface area (Å²) in [6.07, 6.45) is -0.629. The smallest absolute Gasteiger partial charge is 0.265 e. The number of hydrogen-bond acceptors (Lipinski definition) is 2. The highest BCUT2D eigenvalue weighted by Gasteiger charge is 2.15. The lowest BCUT2D eigenvalue weighted by atomic mass is 10.1. The van der Waals surface area contributed by atoms with Crippen LogP contribution in [-0.2, 0) is 4.79 Å². The predicted octanol–water partition coefficient (Wildman–Crippen LogP) is 5.02. The number of rotatable bonds is 4. The van der Waals surface area contributed by atoms with Gasteiger partial charge >= 0.3 is 0 Å². The summed E-state index contributed by atoms with van der Waals surface area (Å²) in [7, 11) is 0. The lowest BCUT2D eigenvalue weighted by Gasteiger charge is -2.16. The van der Waals surface area contributed by atoms with E-state index in [1.807, 2.05) is 32.0 Å². The van der Waals surface area contributed by atoms with Crippen LogP contribution in [0.5, 0.6) is 5.75 Å². The molecule has 0 aliphatic heterocycles. The minimum Gasteiger partial charge on any atom is -0.481 e. The molecule has 2 aromatic rings. The van der Waals surface area contributed by atoms with E-state index in [2.05, 4.69) is 5.32 Å². The Balaban J connectivity index is 2.04. The van der Waals surface area contributed by atoms with Crippen LogP contribution >= 0.6 is 23.2 Å². The van der Waals surface area contributed by atoms with Crippen molar-refractivity contribution in [2.45, 2.75) is 26.9 Å². The number of aryl methyl sites for hydroxylation is 2. The van der Waals surface area contributed by atoms with Gasteiger partial charge in [0.25, 0.3) is 5.91 Å². The van der Waals surface area contributed by atoms with E-state index in [0.29, 0.717) is 21.5 Å². The molecule has 0 aliphatic carbocycles. The standard InChI is InChI=1S/C17H17Cl2NO2/c1-10-6-11(2)8-14(7-10)22-12(3)17(21)20-13-4-5-15(18)16(19)9-13/h4-9,12H,1-3H3,(H,20,21)/t12-/m0/s1. The first-order valence-electron chi connectivity index (χ1n) is 6.86. The molecule has 22 heavy (non-hydrogen) atoms. The molecule has 0 aromatic heterocycles. The number of anilines is 1. The third kappa shape index (κ3) is 4.39. The molecule has 3 nitrogen and oxygen atoms in total. The summed E-state index contributed by atoms with van der Waals surface area (Å²) in [4.78, 5) is 12.2. The van der Waals surface area contributed by atoms with Gasteiger partial charge in [-0.25, -0.2) is 0 Å². The molecule has 1 N–H and O–H groups in total. The van der Waals surface area contributed by atoms with Crippen LogP contribution in [-0.4, -0.2) is 12.0 Å². The molecular weight excluding hydrogens is 321 g/mol. The molecule has 0 fully saturated rings. The second-order valence-corrected chi connectivity index (χ2v) is 6.02. The van der Waals surface area contributed by atoms with Crippen molar-refractivity contribution in [3.05, 3.63) is 57.6 Å². The van der Waals surface area contributed by atoms with E-state index in [-0.39, 0.29) is 5.91 Å². The monoisotopic (exact) mass is 337 g/mol. The molecule has 0 saturated heterocycles. The average Bonchev–Trinajstić information content (AvgIpc) is 2.41. The molecule has 116 valence electrons. The van der Waals surface area contributed by atoms with Gasteiger partial charge in [-0.2, -0.15) is 0 Å². The third-order valence-corrected chi connectivity index (χ3v) is 3.80. The van der Waals surface area contributed by atoms with Gasteiger partial charge in [0.05, 0.1) is 10.0 Å². The number of nitrogens with one attached hydrogen (secondary N) is 1. The highest BCUT2D eigenvalue weighted by atomic mass is 35.5. The van der Waals surface area contributed by atoms with Crippen LogP contribution in [0.15, 0.2) is 36.4 Å². The molecule has 5 heteroatoms. The number of amides is 1. The number of carbonyl (C=O) groups is 1. The Morgan fingerprint density at radius 1 is 1.05 bits per heavy atom. The van der Waals surface area contributed by atoms with Crippen LogP contribution in [0.1, 0.15) is 18.1 Å². The Bertz CT molecular complexity index is 681. The zero-order chi connectivity index (χ0) is 16.3. The quantitative estimate of drug-likeness (QED) is 0.850. The predicted molar refractivity (Wildman–Crippen MR) is 91.1 cm³/mol. The SMILES string of the molecule is Cc1cc(C)cc(O[C@@H](C)C(=O)Nc2ccc(Cl)c(Cl)c2)c1. The van der Waals surface area contributed by atoms with Crippen LogP contribution in [0.4, 0.5) is 5.69 Å². The second kappa shape index (κ2) is 7.03. The van der Waals surface area contributed by atoms with Gasteiger partial charge < -0.3 is 10.1 Å². The largest absolute Gasteiger partial charge is 0.481 e. The highest BCUT2D eigenvalue weighted by molar-refractivity contribution is 6.42. The Morgan fingerprint density at radius 2 is 1.68 bits per heavy atom. The van der Waals surface area contributed by atoms with Crippen molar-refractivity contribution in [2.75, 3.05) is 5.32 Å². The minimum atomic E-state index is -0.629. The van der Waals surface area contributed by atoms with E-state index in [1.165, 1.54) is 0 Å². The minimum absolute atomic E-state index is 0.252. The summed E-state index contributed by atoms with van der Waals surface area (Å²) in [6, 6.07) is 10.8. The Morgan fingerprint density at radius 3 is 2.27 bits per heavy atom.